The molecule has 3 rings (SSSR count). The molecule has 28 heavy (non-hydrogen) atoms. The highest BCUT2D eigenvalue weighted by Gasteiger charge is 2.15. The number of nitrogens with one attached hydrogen (secondary N) is 1. The number of carbonyl (C=O) groups is 2. The lowest BCUT2D eigenvalue weighted by Gasteiger charge is -2.11. The van der Waals surface area contributed by atoms with Gasteiger partial charge in [0.25, 0.3) is 5.91 Å². The lowest BCUT2D eigenvalue weighted by molar-refractivity contribution is 0.0698. The van der Waals surface area contributed by atoms with Gasteiger partial charge in [0.1, 0.15) is 0 Å². The summed E-state index contributed by atoms with van der Waals surface area (Å²) < 4.78 is 23.2. The van der Waals surface area contributed by atoms with E-state index < -0.39 is 21.7 Å². The van der Waals surface area contributed by atoms with Crippen molar-refractivity contribution in [3.05, 3.63) is 83.9 Å². The molecule has 1 amide bonds. The van der Waals surface area contributed by atoms with Gasteiger partial charge in [-0.2, -0.15) is 0 Å². The number of sulfone groups is 1. The van der Waals surface area contributed by atoms with E-state index in [1.165, 1.54) is 18.2 Å². The first kappa shape index (κ1) is 19.3. The number of amides is 1. The molecule has 0 aliphatic carbocycles. The SMILES string of the molecule is CS(=O)(=O)c1ccc(-c2ccc(C(=O)O)c(NC(=O)c3ccccc3)c2)cc1. The summed E-state index contributed by atoms with van der Waals surface area (Å²) in [6.45, 7) is 0. The molecule has 7 heteroatoms. The number of carbonyl (C=O) groups excluding carboxylic acids is 1. The summed E-state index contributed by atoms with van der Waals surface area (Å²) in [6.07, 6.45) is 1.13. The number of benzene rings is 3. The van der Waals surface area contributed by atoms with Crippen LogP contribution in [0.3, 0.4) is 0 Å². The molecule has 0 saturated carbocycles. The quantitative estimate of drug-likeness (QED) is 0.686. The summed E-state index contributed by atoms with van der Waals surface area (Å²) in [5, 5.41) is 12.1. The zero-order valence-corrected chi connectivity index (χ0v) is 15.7. The summed E-state index contributed by atoms with van der Waals surface area (Å²) in [4.78, 5) is 24.1. The molecule has 0 radical (unpaired) electrons. The van der Waals surface area contributed by atoms with Gasteiger partial charge in [-0.15, -0.1) is 0 Å². The van der Waals surface area contributed by atoms with Crippen molar-refractivity contribution in [1.29, 1.82) is 0 Å². The minimum atomic E-state index is -3.31. The lowest BCUT2D eigenvalue weighted by atomic mass is 10.0. The molecule has 0 aliphatic rings. The van der Waals surface area contributed by atoms with E-state index in [0.29, 0.717) is 16.7 Å². The number of aromatic carboxylic acids is 1. The molecule has 0 saturated heterocycles. The zero-order valence-electron chi connectivity index (χ0n) is 14.9. The highest BCUT2D eigenvalue weighted by Crippen LogP contribution is 2.27. The van der Waals surface area contributed by atoms with E-state index in [0.717, 1.165) is 6.26 Å². The molecule has 0 aromatic heterocycles. The van der Waals surface area contributed by atoms with Crippen LogP contribution in [0.2, 0.25) is 0 Å². The van der Waals surface area contributed by atoms with E-state index in [1.807, 2.05) is 0 Å². The fourth-order valence-electron chi connectivity index (χ4n) is 2.69. The fourth-order valence-corrected chi connectivity index (χ4v) is 3.32. The second kappa shape index (κ2) is 7.66. The normalized spacial score (nSPS) is 11.0. The van der Waals surface area contributed by atoms with Gasteiger partial charge in [0.15, 0.2) is 9.84 Å². The van der Waals surface area contributed by atoms with Crippen molar-refractivity contribution in [2.24, 2.45) is 0 Å². The van der Waals surface area contributed by atoms with E-state index >= 15 is 0 Å². The molecule has 2 N–H and O–H groups in total. The molecular weight excluding hydrogens is 378 g/mol. The Balaban J connectivity index is 1.98. The highest BCUT2D eigenvalue weighted by molar-refractivity contribution is 7.90. The average molecular weight is 395 g/mol. The van der Waals surface area contributed by atoms with Gasteiger partial charge < -0.3 is 10.4 Å². The van der Waals surface area contributed by atoms with E-state index in [9.17, 15) is 23.1 Å². The number of carboxylic acid groups (broad SMARTS) is 1. The molecule has 0 aliphatic heterocycles. The van der Waals surface area contributed by atoms with Crippen LogP contribution >= 0.6 is 0 Å². The largest absolute Gasteiger partial charge is 0.478 e. The van der Waals surface area contributed by atoms with Gasteiger partial charge in [0.2, 0.25) is 0 Å². The summed E-state index contributed by atoms with van der Waals surface area (Å²) in [7, 11) is -3.31. The van der Waals surface area contributed by atoms with Crippen molar-refractivity contribution < 1.29 is 23.1 Å². The van der Waals surface area contributed by atoms with E-state index in [2.05, 4.69) is 5.32 Å². The van der Waals surface area contributed by atoms with Crippen LogP contribution in [0.15, 0.2) is 77.7 Å². The zero-order chi connectivity index (χ0) is 20.3. The third kappa shape index (κ3) is 4.27. The maximum absolute atomic E-state index is 12.4. The van der Waals surface area contributed by atoms with E-state index in [-0.39, 0.29) is 16.1 Å². The Morgan fingerprint density at radius 1 is 0.857 bits per heavy atom. The summed E-state index contributed by atoms with van der Waals surface area (Å²) in [5.41, 5.74) is 1.86. The van der Waals surface area contributed by atoms with Crippen LogP contribution < -0.4 is 5.32 Å². The third-order valence-corrected chi connectivity index (χ3v) is 5.28. The Morgan fingerprint density at radius 3 is 2.04 bits per heavy atom. The molecular formula is C21H17NO5S. The first-order valence-corrected chi connectivity index (χ1v) is 10.2. The Bertz CT molecular complexity index is 1140. The van der Waals surface area contributed by atoms with Crippen molar-refractivity contribution in [2.45, 2.75) is 4.90 Å². The topological polar surface area (TPSA) is 101 Å². The summed E-state index contributed by atoms with van der Waals surface area (Å²) >= 11 is 0. The van der Waals surface area contributed by atoms with Gasteiger partial charge in [-0.05, 0) is 47.5 Å². The fraction of sp³-hybridized carbons (Fsp3) is 0.0476. The van der Waals surface area contributed by atoms with Crippen LogP contribution in [0.5, 0.6) is 0 Å². The van der Waals surface area contributed by atoms with Crippen molar-refractivity contribution in [3.8, 4) is 11.1 Å². The third-order valence-electron chi connectivity index (χ3n) is 4.15. The molecule has 0 fully saturated rings. The monoisotopic (exact) mass is 395 g/mol. The smallest absolute Gasteiger partial charge is 0.337 e. The molecule has 0 spiro atoms. The molecule has 0 atom stereocenters. The predicted molar refractivity (Wildman–Crippen MR) is 106 cm³/mol. The van der Waals surface area contributed by atoms with Crippen LogP contribution in [0.1, 0.15) is 20.7 Å². The Labute approximate surface area is 162 Å². The molecule has 0 unspecified atom stereocenters. The van der Waals surface area contributed by atoms with Gasteiger partial charge in [-0.1, -0.05) is 36.4 Å². The maximum Gasteiger partial charge on any atom is 0.337 e. The van der Waals surface area contributed by atoms with Gasteiger partial charge in [0.05, 0.1) is 16.1 Å². The molecule has 3 aromatic rings. The van der Waals surface area contributed by atoms with Crippen LogP contribution in [0.4, 0.5) is 5.69 Å². The van der Waals surface area contributed by atoms with Crippen LogP contribution in [-0.2, 0) is 9.84 Å². The van der Waals surface area contributed by atoms with Gasteiger partial charge in [0, 0.05) is 11.8 Å². The molecule has 0 bridgehead atoms. The first-order chi connectivity index (χ1) is 13.3. The van der Waals surface area contributed by atoms with Gasteiger partial charge >= 0.3 is 5.97 Å². The van der Waals surface area contributed by atoms with Gasteiger partial charge in [-0.25, -0.2) is 13.2 Å². The second-order valence-electron chi connectivity index (χ2n) is 6.18. The number of rotatable bonds is 5. The molecule has 3 aromatic carbocycles. The highest BCUT2D eigenvalue weighted by atomic mass is 32.2. The van der Waals surface area contributed by atoms with E-state index in [4.69, 9.17) is 0 Å². The molecule has 142 valence electrons. The van der Waals surface area contributed by atoms with Crippen molar-refractivity contribution in [1.82, 2.24) is 0 Å². The Morgan fingerprint density at radius 2 is 1.46 bits per heavy atom. The van der Waals surface area contributed by atoms with Crippen molar-refractivity contribution in [2.75, 3.05) is 11.6 Å². The first-order valence-electron chi connectivity index (χ1n) is 8.30. The standard InChI is InChI=1S/C21H17NO5S/c1-28(26,27)17-10-7-14(8-11-17)16-9-12-18(21(24)25)19(13-16)22-20(23)15-5-3-2-4-6-15/h2-13H,1H3,(H,22,23)(H,24,25). The average Bonchev–Trinajstić information content (AvgIpc) is 2.68. The minimum absolute atomic E-state index is 0.0409. The van der Waals surface area contributed by atoms with E-state index in [1.54, 1.807) is 54.6 Å². The molecule has 0 heterocycles. The predicted octanol–water partition coefficient (Wildman–Crippen LogP) is 3.71. The van der Waals surface area contributed by atoms with Crippen LogP contribution in [0, 0.1) is 0 Å². The number of carboxylic acids is 1. The Kier molecular flexibility index (Phi) is 5.28. The van der Waals surface area contributed by atoms with Crippen molar-refractivity contribution >= 4 is 27.4 Å². The summed E-state index contributed by atoms with van der Waals surface area (Å²) in [5.74, 6) is -1.59. The second-order valence-corrected chi connectivity index (χ2v) is 8.20. The number of hydrogen-bond donors (Lipinski definition) is 2. The lowest BCUT2D eigenvalue weighted by Crippen LogP contribution is -2.14. The van der Waals surface area contributed by atoms with Crippen LogP contribution in [-0.4, -0.2) is 31.7 Å². The van der Waals surface area contributed by atoms with Gasteiger partial charge in [-0.3, -0.25) is 4.79 Å². The minimum Gasteiger partial charge on any atom is -0.478 e. The molecule has 6 nitrogen and oxygen atoms in total. The van der Waals surface area contributed by atoms with Crippen LogP contribution in [0.25, 0.3) is 11.1 Å². The maximum atomic E-state index is 12.4. The van der Waals surface area contributed by atoms with Crippen molar-refractivity contribution in [3.63, 3.8) is 0 Å². The Hall–Kier alpha value is -3.45. The summed E-state index contributed by atoms with van der Waals surface area (Å²) in [6, 6.07) is 19.3. The number of hydrogen-bond acceptors (Lipinski definition) is 4. The number of anilines is 1.